The van der Waals surface area contributed by atoms with Crippen LogP contribution in [0.1, 0.15) is 55.2 Å². The Morgan fingerprint density at radius 3 is 2.75 bits per heavy atom. The number of rotatable bonds is 3. The second-order valence-electron chi connectivity index (χ2n) is 9.12. The molecule has 0 heterocycles. The minimum Gasteiger partial charge on any atom is -0.489 e. The molecule has 3 nitrogen and oxygen atoms in total. The predicted octanol–water partition coefficient (Wildman–Crippen LogP) is 4.66. The number of benzene rings is 2. The van der Waals surface area contributed by atoms with Crippen molar-refractivity contribution in [2.75, 3.05) is 0 Å². The highest BCUT2D eigenvalue weighted by Crippen LogP contribution is 2.59. The van der Waals surface area contributed by atoms with Gasteiger partial charge in [0.2, 0.25) is 0 Å². The maximum absolute atomic E-state index is 12.5. The van der Waals surface area contributed by atoms with Crippen LogP contribution in [0.15, 0.2) is 48.5 Å². The highest BCUT2D eigenvalue weighted by Gasteiger charge is 2.57. The van der Waals surface area contributed by atoms with Crippen LogP contribution in [-0.4, -0.2) is 17.0 Å². The molecule has 146 valence electrons. The molecule has 5 rings (SSSR count). The first kappa shape index (κ1) is 17.9. The van der Waals surface area contributed by atoms with E-state index in [0.29, 0.717) is 37.1 Å². The summed E-state index contributed by atoms with van der Waals surface area (Å²) in [6.07, 6.45) is 3.94. The fourth-order valence-electron chi connectivity index (χ4n) is 6.24. The molecule has 3 heteroatoms. The Labute approximate surface area is 166 Å². The second kappa shape index (κ2) is 6.73. The van der Waals surface area contributed by atoms with Gasteiger partial charge in [0.05, 0.1) is 6.10 Å². The van der Waals surface area contributed by atoms with Gasteiger partial charge in [-0.05, 0) is 66.3 Å². The van der Waals surface area contributed by atoms with Crippen LogP contribution in [0, 0.1) is 17.3 Å². The van der Waals surface area contributed by atoms with E-state index in [-0.39, 0.29) is 11.3 Å². The molecule has 0 aromatic heterocycles. The van der Waals surface area contributed by atoms with Crippen molar-refractivity contribution in [3.63, 3.8) is 0 Å². The van der Waals surface area contributed by atoms with Gasteiger partial charge in [0, 0.05) is 17.8 Å². The SMILES string of the molecule is C[C@]12CC(O)[C@@H]3c4ccc(OCc5ccccc5)cc4CC[C@H]3[C@@H]1CCC2=O. The van der Waals surface area contributed by atoms with E-state index >= 15 is 0 Å². The second-order valence-corrected chi connectivity index (χ2v) is 9.12. The monoisotopic (exact) mass is 376 g/mol. The van der Waals surface area contributed by atoms with Crippen LogP contribution in [0.4, 0.5) is 0 Å². The molecule has 0 bridgehead atoms. The molecule has 0 amide bonds. The van der Waals surface area contributed by atoms with Crippen molar-refractivity contribution in [2.45, 2.75) is 57.7 Å². The average molecular weight is 376 g/mol. The molecule has 0 aliphatic heterocycles. The third kappa shape index (κ3) is 2.79. The number of Topliss-reactive ketones (excluding diaryl/α,β-unsaturated/α-hetero) is 1. The Balaban J connectivity index is 1.39. The Morgan fingerprint density at radius 1 is 1.11 bits per heavy atom. The van der Waals surface area contributed by atoms with Gasteiger partial charge in [-0.15, -0.1) is 0 Å². The molecule has 2 aromatic carbocycles. The zero-order valence-corrected chi connectivity index (χ0v) is 16.4. The minimum atomic E-state index is -0.427. The topological polar surface area (TPSA) is 46.5 Å². The van der Waals surface area contributed by atoms with Crippen LogP contribution in [-0.2, 0) is 17.8 Å². The van der Waals surface area contributed by atoms with E-state index in [1.165, 1.54) is 11.1 Å². The van der Waals surface area contributed by atoms with E-state index in [4.69, 9.17) is 4.74 Å². The lowest BCUT2D eigenvalue weighted by molar-refractivity contribution is -0.133. The van der Waals surface area contributed by atoms with Gasteiger partial charge in [-0.2, -0.15) is 0 Å². The third-order valence-electron chi connectivity index (χ3n) is 7.63. The summed E-state index contributed by atoms with van der Waals surface area (Å²) in [6.45, 7) is 2.67. The Kier molecular flexibility index (Phi) is 4.31. The van der Waals surface area contributed by atoms with Crippen LogP contribution in [0.5, 0.6) is 5.75 Å². The number of carbonyl (C=O) groups excluding carboxylic acids is 1. The molecule has 1 unspecified atom stereocenters. The number of carbonyl (C=O) groups is 1. The van der Waals surface area contributed by atoms with E-state index < -0.39 is 6.10 Å². The Bertz CT molecular complexity index is 890. The molecule has 2 fully saturated rings. The molecular weight excluding hydrogens is 348 g/mol. The van der Waals surface area contributed by atoms with Crippen molar-refractivity contribution in [2.24, 2.45) is 17.3 Å². The first-order chi connectivity index (χ1) is 13.6. The lowest BCUT2D eigenvalue weighted by Gasteiger charge is -2.50. The van der Waals surface area contributed by atoms with Gasteiger partial charge in [-0.3, -0.25) is 4.79 Å². The largest absolute Gasteiger partial charge is 0.489 e. The van der Waals surface area contributed by atoms with E-state index in [1.54, 1.807) is 0 Å². The van der Waals surface area contributed by atoms with Gasteiger partial charge >= 0.3 is 0 Å². The molecule has 3 aliphatic rings. The quantitative estimate of drug-likeness (QED) is 0.847. The van der Waals surface area contributed by atoms with Gasteiger partial charge in [0.15, 0.2) is 0 Å². The van der Waals surface area contributed by atoms with Crippen molar-refractivity contribution in [1.29, 1.82) is 0 Å². The van der Waals surface area contributed by atoms with Crippen molar-refractivity contribution in [3.8, 4) is 5.75 Å². The van der Waals surface area contributed by atoms with Crippen molar-refractivity contribution >= 4 is 5.78 Å². The average Bonchev–Trinajstić information content (AvgIpc) is 3.01. The summed E-state index contributed by atoms with van der Waals surface area (Å²) in [5, 5.41) is 11.0. The highest BCUT2D eigenvalue weighted by molar-refractivity contribution is 5.87. The summed E-state index contributed by atoms with van der Waals surface area (Å²) in [5.74, 6) is 2.27. The molecule has 2 saturated carbocycles. The normalized spacial score (nSPS) is 33.7. The first-order valence-corrected chi connectivity index (χ1v) is 10.6. The number of aliphatic hydroxyl groups excluding tert-OH is 1. The lowest BCUT2D eigenvalue weighted by atomic mass is 9.54. The number of fused-ring (bicyclic) bond motifs is 5. The molecule has 3 aliphatic carbocycles. The van der Waals surface area contributed by atoms with Crippen molar-refractivity contribution < 1.29 is 14.6 Å². The lowest BCUT2D eigenvalue weighted by Crippen LogP contribution is -2.48. The zero-order valence-electron chi connectivity index (χ0n) is 16.4. The molecule has 1 N–H and O–H groups in total. The fourth-order valence-corrected chi connectivity index (χ4v) is 6.24. The maximum atomic E-state index is 12.5. The molecule has 28 heavy (non-hydrogen) atoms. The van der Waals surface area contributed by atoms with E-state index in [1.807, 2.05) is 24.3 Å². The third-order valence-corrected chi connectivity index (χ3v) is 7.63. The number of aliphatic hydroxyl groups is 1. The van der Waals surface area contributed by atoms with E-state index in [9.17, 15) is 9.90 Å². The van der Waals surface area contributed by atoms with Crippen LogP contribution >= 0.6 is 0 Å². The summed E-state index contributed by atoms with van der Waals surface area (Å²) in [5.41, 5.74) is 3.43. The minimum absolute atomic E-state index is 0.163. The molecule has 5 atom stereocenters. The van der Waals surface area contributed by atoms with Gasteiger partial charge in [-0.1, -0.05) is 43.3 Å². The van der Waals surface area contributed by atoms with Crippen molar-refractivity contribution in [1.82, 2.24) is 0 Å². The molecular formula is C25H28O3. The number of ether oxygens (including phenoxy) is 1. The summed E-state index contributed by atoms with van der Waals surface area (Å²) >= 11 is 0. The van der Waals surface area contributed by atoms with E-state index in [0.717, 1.165) is 30.6 Å². The molecule has 0 radical (unpaired) electrons. The zero-order chi connectivity index (χ0) is 19.3. The van der Waals surface area contributed by atoms with Crippen LogP contribution in [0.2, 0.25) is 0 Å². The molecule has 0 saturated heterocycles. The molecule has 2 aromatic rings. The van der Waals surface area contributed by atoms with Gasteiger partial charge in [-0.25, -0.2) is 0 Å². The number of hydrogen-bond donors (Lipinski definition) is 1. The summed E-state index contributed by atoms with van der Waals surface area (Å²) in [6, 6.07) is 16.6. The summed E-state index contributed by atoms with van der Waals surface area (Å²) in [4.78, 5) is 12.5. The predicted molar refractivity (Wildman–Crippen MR) is 108 cm³/mol. The number of hydrogen-bond acceptors (Lipinski definition) is 3. The maximum Gasteiger partial charge on any atom is 0.139 e. The standard InChI is InChI=1S/C25H28O3/c1-25-14-22(26)24-19-10-8-18(28-15-16-5-3-2-4-6-16)13-17(19)7-9-20(24)21(25)11-12-23(25)27/h2-6,8,10,13,20-22,24,26H,7,9,11-12,14-15H2,1H3/t20-,21-,22?,24+,25-/m0/s1. The van der Waals surface area contributed by atoms with E-state index in [2.05, 4.69) is 31.2 Å². The fraction of sp³-hybridized carbons (Fsp3) is 0.480. The molecule has 0 spiro atoms. The Hall–Kier alpha value is -2.13. The highest BCUT2D eigenvalue weighted by atomic mass is 16.5. The smallest absolute Gasteiger partial charge is 0.139 e. The summed E-state index contributed by atoms with van der Waals surface area (Å²) < 4.78 is 6.01. The Morgan fingerprint density at radius 2 is 1.93 bits per heavy atom. The van der Waals surface area contributed by atoms with Gasteiger partial charge in [0.25, 0.3) is 0 Å². The van der Waals surface area contributed by atoms with Crippen LogP contribution in [0.25, 0.3) is 0 Å². The number of ketones is 1. The van der Waals surface area contributed by atoms with Crippen LogP contribution < -0.4 is 4.74 Å². The van der Waals surface area contributed by atoms with Gasteiger partial charge in [0.1, 0.15) is 18.1 Å². The number of aryl methyl sites for hydroxylation is 1. The van der Waals surface area contributed by atoms with Crippen LogP contribution in [0.3, 0.4) is 0 Å². The summed E-state index contributed by atoms with van der Waals surface area (Å²) in [7, 11) is 0. The van der Waals surface area contributed by atoms with Gasteiger partial charge < -0.3 is 9.84 Å². The van der Waals surface area contributed by atoms with Crippen molar-refractivity contribution in [3.05, 3.63) is 65.2 Å². The first-order valence-electron chi connectivity index (χ1n) is 10.6.